The smallest absolute Gasteiger partial charge is 0.282 e. The van der Waals surface area contributed by atoms with Gasteiger partial charge in [-0.25, -0.2) is 9.29 Å². The number of rotatable bonds is 5. The molecule has 3 aromatic carbocycles. The molecule has 156 valence electrons. The van der Waals surface area contributed by atoms with E-state index in [1.165, 1.54) is 37.4 Å². The maximum atomic E-state index is 13.5. The number of methoxy groups -OCH3 is 1. The Balaban J connectivity index is 1.83. The van der Waals surface area contributed by atoms with Crippen LogP contribution in [-0.4, -0.2) is 18.9 Å². The number of nitrogens with zero attached hydrogens (tertiary/aromatic N) is 1. The van der Waals surface area contributed by atoms with Crippen LogP contribution in [0.5, 0.6) is 5.75 Å². The van der Waals surface area contributed by atoms with Crippen molar-refractivity contribution in [3.8, 4) is 5.75 Å². The highest BCUT2D eigenvalue weighted by Crippen LogP contribution is 2.37. The molecule has 1 aliphatic rings. The van der Waals surface area contributed by atoms with Crippen molar-refractivity contribution in [3.63, 3.8) is 0 Å². The van der Waals surface area contributed by atoms with Crippen LogP contribution in [0.3, 0.4) is 0 Å². The van der Waals surface area contributed by atoms with E-state index >= 15 is 0 Å². The average molecular weight is 437 g/mol. The first-order chi connectivity index (χ1) is 14.9. The van der Waals surface area contributed by atoms with E-state index in [-0.39, 0.29) is 16.3 Å². The van der Waals surface area contributed by atoms with Crippen LogP contribution in [-0.2, 0) is 9.59 Å². The second kappa shape index (κ2) is 8.24. The summed E-state index contributed by atoms with van der Waals surface area (Å²) in [7, 11) is 1.48. The Hall–Kier alpha value is -3.64. The zero-order chi connectivity index (χ0) is 22.1. The zero-order valence-corrected chi connectivity index (χ0v) is 17.5. The van der Waals surface area contributed by atoms with E-state index in [0.29, 0.717) is 22.7 Å². The van der Waals surface area contributed by atoms with Crippen molar-refractivity contribution in [3.05, 3.63) is 94.4 Å². The standard InChI is InChI=1S/C24H18ClFN2O3/c1-14-5-3-4-6-19(14)27-22-21(15-7-9-16(26)10-8-15)23(29)28(24(22)30)17-11-12-20(31-2)18(25)13-17/h3-13,27H,1-2H3. The third-order valence-electron chi connectivity index (χ3n) is 5.02. The summed E-state index contributed by atoms with van der Waals surface area (Å²) in [4.78, 5) is 27.8. The number of aryl methyl sites for hydroxylation is 1. The van der Waals surface area contributed by atoms with E-state index in [0.717, 1.165) is 10.5 Å². The number of carbonyl (C=O) groups excluding carboxylic acids is 2. The Morgan fingerprint density at radius 1 is 0.968 bits per heavy atom. The van der Waals surface area contributed by atoms with Gasteiger partial charge in [-0.1, -0.05) is 41.9 Å². The molecule has 2 amide bonds. The predicted molar refractivity (Wildman–Crippen MR) is 119 cm³/mol. The third kappa shape index (κ3) is 3.78. The zero-order valence-electron chi connectivity index (χ0n) is 16.8. The summed E-state index contributed by atoms with van der Waals surface area (Å²) >= 11 is 6.22. The van der Waals surface area contributed by atoms with Gasteiger partial charge in [-0.15, -0.1) is 0 Å². The molecule has 4 rings (SSSR count). The molecule has 0 saturated carbocycles. The molecule has 0 radical (unpaired) electrons. The summed E-state index contributed by atoms with van der Waals surface area (Å²) < 4.78 is 18.6. The van der Waals surface area contributed by atoms with Gasteiger partial charge in [0.05, 0.1) is 23.4 Å². The molecule has 0 fully saturated rings. The fourth-order valence-electron chi connectivity index (χ4n) is 3.41. The van der Waals surface area contributed by atoms with Crippen LogP contribution in [0.1, 0.15) is 11.1 Å². The lowest BCUT2D eigenvalue weighted by Crippen LogP contribution is -2.32. The molecule has 7 heteroatoms. The summed E-state index contributed by atoms with van der Waals surface area (Å²) in [6.45, 7) is 1.89. The summed E-state index contributed by atoms with van der Waals surface area (Å²) in [6, 6.07) is 17.5. The minimum absolute atomic E-state index is 0.109. The Morgan fingerprint density at radius 3 is 2.32 bits per heavy atom. The molecule has 0 aromatic heterocycles. The molecule has 0 saturated heterocycles. The van der Waals surface area contributed by atoms with E-state index in [1.807, 2.05) is 31.2 Å². The van der Waals surface area contributed by atoms with Gasteiger partial charge in [-0.05, 0) is 54.4 Å². The largest absolute Gasteiger partial charge is 0.495 e. The van der Waals surface area contributed by atoms with Crippen LogP contribution in [0.2, 0.25) is 5.02 Å². The van der Waals surface area contributed by atoms with Crippen LogP contribution >= 0.6 is 11.6 Å². The molecule has 0 bridgehead atoms. The van der Waals surface area contributed by atoms with E-state index in [1.54, 1.807) is 12.1 Å². The monoisotopic (exact) mass is 436 g/mol. The number of halogens is 2. The van der Waals surface area contributed by atoms with Crippen molar-refractivity contribution >= 4 is 40.4 Å². The van der Waals surface area contributed by atoms with E-state index < -0.39 is 17.6 Å². The van der Waals surface area contributed by atoms with Crippen LogP contribution in [0.15, 0.2) is 72.4 Å². The van der Waals surface area contributed by atoms with Gasteiger partial charge < -0.3 is 10.1 Å². The molecule has 31 heavy (non-hydrogen) atoms. The lowest BCUT2D eigenvalue weighted by molar-refractivity contribution is -0.120. The Kier molecular flexibility index (Phi) is 5.48. The van der Waals surface area contributed by atoms with Gasteiger partial charge in [0.15, 0.2) is 0 Å². The van der Waals surface area contributed by atoms with Crippen LogP contribution < -0.4 is 15.0 Å². The van der Waals surface area contributed by atoms with Gasteiger partial charge in [0.1, 0.15) is 17.3 Å². The second-order valence-electron chi connectivity index (χ2n) is 6.96. The fraction of sp³-hybridized carbons (Fsp3) is 0.0833. The Labute approximate surface area is 183 Å². The van der Waals surface area contributed by atoms with Gasteiger partial charge in [-0.2, -0.15) is 0 Å². The first-order valence-electron chi connectivity index (χ1n) is 9.46. The van der Waals surface area contributed by atoms with Crippen molar-refractivity contribution in [1.82, 2.24) is 0 Å². The molecule has 0 atom stereocenters. The highest BCUT2D eigenvalue weighted by molar-refractivity contribution is 6.46. The van der Waals surface area contributed by atoms with Crippen LogP contribution in [0, 0.1) is 12.7 Å². The minimum atomic E-state index is -0.534. The molecule has 0 spiro atoms. The molecule has 1 aliphatic heterocycles. The maximum absolute atomic E-state index is 13.5. The predicted octanol–water partition coefficient (Wildman–Crippen LogP) is 5.19. The number of benzene rings is 3. The normalized spacial score (nSPS) is 13.7. The van der Waals surface area contributed by atoms with Gasteiger partial charge in [-0.3, -0.25) is 9.59 Å². The number of amides is 2. The minimum Gasteiger partial charge on any atom is -0.495 e. The number of imide groups is 1. The number of nitrogens with one attached hydrogen (secondary N) is 1. The summed E-state index contributed by atoms with van der Waals surface area (Å²) in [5, 5.41) is 3.37. The Bertz CT molecular complexity index is 1220. The summed E-state index contributed by atoms with van der Waals surface area (Å²) in [5.41, 5.74) is 2.59. The SMILES string of the molecule is COc1ccc(N2C(=O)C(Nc3ccccc3C)=C(c3ccc(F)cc3)C2=O)cc1Cl. The van der Waals surface area contributed by atoms with Crippen molar-refractivity contribution in [2.45, 2.75) is 6.92 Å². The number of carbonyl (C=O) groups is 2. The highest BCUT2D eigenvalue weighted by atomic mass is 35.5. The first kappa shape index (κ1) is 20.6. The molecule has 1 heterocycles. The van der Waals surface area contributed by atoms with Crippen molar-refractivity contribution in [1.29, 1.82) is 0 Å². The molecule has 0 unspecified atom stereocenters. The van der Waals surface area contributed by atoms with Gasteiger partial charge in [0.25, 0.3) is 11.8 Å². The number of para-hydroxylation sites is 1. The van der Waals surface area contributed by atoms with Gasteiger partial charge in [0.2, 0.25) is 0 Å². The van der Waals surface area contributed by atoms with Gasteiger partial charge in [0, 0.05) is 5.69 Å². The van der Waals surface area contributed by atoms with Gasteiger partial charge >= 0.3 is 0 Å². The molecule has 1 N–H and O–H groups in total. The summed E-state index contributed by atoms with van der Waals surface area (Å²) in [6.07, 6.45) is 0. The molecule has 5 nitrogen and oxygen atoms in total. The van der Waals surface area contributed by atoms with E-state index in [4.69, 9.17) is 16.3 Å². The number of anilines is 2. The summed E-state index contributed by atoms with van der Waals surface area (Å²) in [5.74, 6) is -1.08. The van der Waals surface area contributed by atoms with E-state index in [9.17, 15) is 14.0 Å². The molecule has 3 aromatic rings. The average Bonchev–Trinajstić information content (AvgIpc) is 3.00. The number of ether oxygens (including phenoxy) is 1. The van der Waals surface area contributed by atoms with Crippen molar-refractivity contribution < 1.29 is 18.7 Å². The van der Waals surface area contributed by atoms with Crippen LogP contribution in [0.4, 0.5) is 15.8 Å². The van der Waals surface area contributed by atoms with E-state index in [2.05, 4.69) is 5.32 Å². The molecular weight excluding hydrogens is 419 g/mol. The number of hydrogen-bond acceptors (Lipinski definition) is 4. The quantitative estimate of drug-likeness (QED) is 0.559. The fourth-order valence-corrected chi connectivity index (χ4v) is 3.66. The first-order valence-corrected chi connectivity index (χ1v) is 9.83. The topological polar surface area (TPSA) is 58.6 Å². The van der Waals surface area contributed by atoms with Crippen LogP contribution in [0.25, 0.3) is 5.57 Å². The molecule has 0 aliphatic carbocycles. The second-order valence-corrected chi connectivity index (χ2v) is 7.37. The lowest BCUT2D eigenvalue weighted by atomic mass is 10.0. The number of hydrogen-bond donors (Lipinski definition) is 1. The van der Waals surface area contributed by atoms with Crippen molar-refractivity contribution in [2.75, 3.05) is 17.3 Å². The maximum Gasteiger partial charge on any atom is 0.282 e. The Morgan fingerprint density at radius 2 is 1.68 bits per heavy atom. The molecular formula is C24H18ClFN2O3. The van der Waals surface area contributed by atoms with Crippen molar-refractivity contribution in [2.24, 2.45) is 0 Å². The lowest BCUT2D eigenvalue weighted by Gasteiger charge is -2.17. The highest BCUT2D eigenvalue weighted by Gasteiger charge is 2.40. The third-order valence-corrected chi connectivity index (χ3v) is 5.31.